The van der Waals surface area contributed by atoms with Gasteiger partial charge in [-0.2, -0.15) is 0 Å². The van der Waals surface area contributed by atoms with Crippen LogP contribution in [0.25, 0.3) is 0 Å². The number of thiophene rings is 1. The number of hydrogen-bond acceptors (Lipinski definition) is 3. The van der Waals surface area contributed by atoms with Gasteiger partial charge in [0.05, 0.1) is 6.54 Å². The van der Waals surface area contributed by atoms with Gasteiger partial charge in [-0.25, -0.2) is 0 Å². The molecular formula is C16H21N3OS. The summed E-state index contributed by atoms with van der Waals surface area (Å²) in [6.07, 6.45) is 2.00. The first-order valence-electron chi connectivity index (χ1n) is 7.03. The molecular weight excluding hydrogens is 282 g/mol. The zero-order valence-electron chi connectivity index (χ0n) is 12.2. The van der Waals surface area contributed by atoms with E-state index in [9.17, 15) is 5.11 Å². The normalized spacial score (nSPS) is 11.4. The van der Waals surface area contributed by atoms with Gasteiger partial charge in [-0.3, -0.25) is 4.99 Å². The van der Waals surface area contributed by atoms with E-state index < -0.39 is 0 Å². The largest absolute Gasteiger partial charge is 0.508 e. The number of aliphatic imine (C=N–C) groups is 1. The van der Waals surface area contributed by atoms with E-state index in [1.54, 1.807) is 30.5 Å². The number of hydrogen-bond donors (Lipinski definition) is 3. The Labute approximate surface area is 129 Å². The third-order valence-corrected chi connectivity index (χ3v) is 3.98. The minimum atomic E-state index is 0.315. The molecule has 0 spiro atoms. The van der Waals surface area contributed by atoms with Crippen molar-refractivity contribution in [2.24, 2.45) is 4.99 Å². The lowest BCUT2D eigenvalue weighted by molar-refractivity contribution is 0.475. The van der Waals surface area contributed by atoms with Gasteiger partial charge in [0.25, 0.3) is 0 Å². The van der Waals surface area contributed by atoms with Crippen LogP contribution in [0.3, 0.4) is 0 Å². The van der Waals surface area contributed by atoms with Crippen molar-refractivity contribution in [3.05, 3.63) is 52.2 Å². The topological polar surface area (TPSA) is 56.7 Å². The summed E-state index contributed by atoms with van der Waals surface area (Å²) >= 11 is 1.74. The standard InChI is InChI=1S/C16H21N3OS/c1-17-16(19-12-15-5-3-11-21-15)18-10-2-4-13-6-8-14(20)9-7-13/h3,5-9,11,20H,2,4,10,12H2,1H3,(H2,17,18,19). The number of nitrogens with zero attached hydrogens (tertiary/aromatic N) is 1. The van der Waals surface area contributed by atoms with Crippen molar-refractivity contribution in [1.82, 2.24) is 10.6 Å². The molecule has 21 heavy (non-hydrogen) atoms. The number of guanidine groups is 1. The molecule has 0 aliphatic rings. The number of benzene rings is 1. The molecule has 0 aliphatic carbocycles. The number of nitrogens with one attached hydrogen (secondary N) is 2. The molecule has 0 unspecified atom stereocenters. The molecule has 0 atom stereocenters. The molecule has 0 aliphatic heterocycles. The quantitative estimate of drug-likeness (QED) is 0.437. The van der Waals surface area contributed by atoms with E-state index in [2.05, 4.69) is 33.1 Å². The second-order valence-corrected chi connectivity index (χ2v) is 5.73. The highest BCUT2D eigenvalue weighted by Gasteiger charge is 1.99. The molecule has 0 radical (unpaired) electrons. The Hall–Kier alpha value is -2.01. The second kappa shape index (κ2) is 8.32. The summed E-state index contributed by atoms with van der Waals surface area (Å²) < 4.78 is 0. The van der Waals surface area contributed by atoms with Crippen LogP contribution in [0, 0.1) is 0 Å². The molecule has 5 heteroatoms. The van der Waals surface area contributed by atoms with Crippen molar-refractivity contribution in [2.45, 2.75) is 19.4 Å². The summed E-state index contributed by atoms with van der Waals surface area (Å²) in [5.74, 6) is 1.14. The summed E-state index contributed by atoms with van der Waals surface area (Å²) in [5.41, 5.74) is 1.23. The zero-order valence-corrected chi connectivity index (χ0v) is 13.0. The smallest absolute Gasteiger partial charge is 0.191 e. The number of rotatable bonds is 6. The molecule has 2 rings (SSSR count). The highest BCUT2D eigenvalue weighted by molar-refractivity contribution is 7.09. The SMILES string of the molecule is CN=C(NCCCc1ccc(O)cc1)NCc1cccs1. The molecule has 112 valence electrons. The zero-order chi connectivity index (χ0) is 14.9. The monoisotopic (exact) mass is 303 g/mol. The Kier molecular flexibility index (Phi) is 6.09. The Bertz CT molecular complexity index is 549. The van der Waals surface area contributed by atoms with Crippen LogP contribution in [0.1, 0.15) is 16.9 Å². The lowest BCUT2D eigenvalue weighted by atomic mass is 10.1. The van der Waals surface area contributed by atoms with Crippen molar-refractivity contribution in [2.75, 3.05) is 13.6 Å². The fourth-order valence-electron chi connectivity index (χ4n) is 1.97. The maximum absolute atomic E-state index is 9.23. The van der Waals surface area contributed by atoms with Gasteiger partial charge in [-0.1, -0.05) is 18.2 Å². The third kappa shape index (κ3) is 5.47. The van der Waals surface area contributed by atoms with E-state index in [0.717, 1.165) is 31.9 Å². The van der Waals surface area contributed by atoms with E-state index >= 15 is 0 Å². The number of phenols is 1. The average Bonchev–Trinajstić information content (AvgIpc) is 3.02. The Morgan fingerprint density at radius 2 is 2.00 bits per heavy atom. The van der Waals surface area contributed by atoms with E-state index in [4.69, 9.17) is 0 Å². The lowest BCUT2D eigenvalue weighted by Crippen LogP contribution is -2.37. The van der Waals surface area contributed by atoms with Gasteiger partial charge in [0.2, 0.25) is 0 Å². The summed E-state index contributed by atoms with van der Waals surface area (Å²) in [7, 11) is 1.78. The van der Waals surface area contributed by atoms with Gasteiger partial charge in [0.15, 0.2) is 5.96 Å². The molecule has 3 N–H and O–H groups in total. The van der Waals surface area contributed by atoms with Crippen LogP contribution in [0.5, 0.6) is 5.75 Å². The summed E-state index contributed by atoms with van der Waals surface area (Å²) in [4.78, 5) is 5.50. The van der Waals surface area contributed by atoms with Crippen molar-refractivity contribution < 1.29 is 5.11 Å². The third-order valence-electron chi connectivity index (χ3n) is 3.10. The minimum absolute atomic E-state index is 0.315. The predicted octanol–water partition coefficient (Wildman–Crippen LogP) is 2.75. The van der Waals surface area contributed by atoms with Crippen molar-refractivity contribution >= 4 is 17.3 Å². The maximum atomic E-state index is 9.23. The van der Waals surface area contributed by atoms with Crippen LogP contribution in [0.15, 0.2) is 46.8 Å². The van der Waals surface area contributed by atoms with Crippen molar-refractivity contribution in [3.8, 4) is 5.75 Å². The highest BCUT2D eigenvalue weighted by Crippen LogP contribution is 2.10. The van der Waals surface area contributed by atoms with Crippen molar-refractivity contribution in [3.63, 3.8) is 0 Å². The van der Waals surface area contributed by atoms with E-state index in [1.807, 2.05) is 12.1 Å². The van der Waals surface area contributed by atoms with Gasteiger partial charge in [0.1, 0.15) is 5.75 Å². The van der Waals surface area contributed by atoms with Crippen LogP contribution in [0.4, 0.5) is 0 Å². The van der Waals surface area contributed by atoms with Crippen LogP contribution < -0.4 is 10.6 Å². The molecule has 0 saturated heterocycles. The average molecular weight is 303 g/mol. The van der Waals surface area contributed by atoms with Crippen molar-refractivity contribution in [1.29, 1.82) is 0 Å². The van der Waals surface area contributed by atoms with Gasteiger partial charge in [0, 0.05) is 18.5 Å². The van der Waals surface area contributed by atoms with Crippen LogP contribution in [0.2, 0.25) is 0 Å². The predicted molar refractivity (Wildman–Crippen MR) is 88.9 cm³/mol. The Morgan fingerprint density at radius 3 is 2.67 bits per heavy atom. The fraction of sp³-hybridized carbons (Fsp3) is 0.312. The molecule has 1 heterocycles. The molecule has 0 amide bonds. The fourth-order valence-corrected chi connectivity index (χ4v) is 2.61. The van der Waals surface area contributed by atoms with Gasteiger partial charge in [-0.15, -0.1) is 11.3 Å². The number of phenolic OH excluding ortho intramolecular Hbond substituents is 1. The molecule has 0 bridgehead atoms. The van der Waals surface area contributed by atoms with Gasteiger partial charge < -0.3 is 15.7 Å². The minimum Gasteiger partial charge on any atom is -0.508 e. The molecule has 4 nitrogen and oxygen atoms in total. The number of aromatic hydroxyl groups is 1. The first kappa shape index (κ1) is 15.4. The number of aryl methyl sites for hydroxylation is 1. The molecule has 0 saturated carbocycles. The van der Waals surface area contributed by atoms with Gasteiger partial charge in [-0.05, 0) is 42.0 Å². The van der Waals surface area contributed by atoms with Gasteiger partial charge >= 0.3 is 0 Å². The first-order valence-corrected chi connectivity index (χ1v) is 7.90. The van der Waals surface area contributed by atoms with E-state index in [0.29, 0.717) is 5.75 Å². The summed E-state index contributed by atoms with van der Waals surface area (Å²) in [6, 6.07) is 11.5. The van der Waals surface area contributed by atoms with E-state index in [1.165, 1.54) is 10.4 Å². The van der Waals surface area contributed by atoms with E-state index in [-0.39, 0.29) is 0 Å². The Morgan fingerprint density at radius 1 is 1.19 bits per heavy atom. The second-order valence-electron chi connectivity index (χ2n) is 4.70. The molecule has 2 aromatic rings. The maximum Gasteiger partial charge on any atom is 0.191 e. The molecule has 1 aromatic heterocycles. The highest BCUT2D eigenvalue weighted by atomic mass is 32.1. The molecule has 1 aromatic carbocycles. The summed E-state index contributed by atoms with van der Waals surface area (Å²) in [6.45, 7) is 1.67. The molecule has 0 fully saturated rings. The van der Waals surface area contributed by atoms with Crippen LogP contribution in [-0.4, -0.2) is 24.7 Å². The summed E-state index contributed by atoms with van der Waals surface area (Å²) in [5, 5.41) is 17.9. The lowest BCUT2D eigenvalue weighted by Gasteiger charge is -2.11. The first-order chi connectivity index (χ1) is 10.3. The van der Waals surface area contributed by atoms with Crippen LogP contribution in [-0.2, 0) is 13.0 Å². The Balaban J connectivity index is 1.65. The van der Waals surface area contributed by atoms with Crippen LogP contribution >= 0.6 is 11.3 Å².